The molecule has 2 saturated heterocycles. The van der Waals surface area contributed by atoms with Gasteiger partial charge in [0.15, 0.2) is 0 Å². The zero-order valence-electron chi connectivity index (χ0n) is 19.6. The highest BCUT2D eigenvalue weighted by Gasteiger charge is 2.51. The number of hydrogen-bond donors (Lipinski definition) is 2. The summed E-state index contributed by atoms with van der Waals surface area (Å²) in [5.74, 6) is 0.274. The van der Waals surface area contributed by atoms with Gasteiger partial charge in [0.25, 0.3) is 0 Å². The van der Waals surface area contributed by atoms with Crippen molar-refractivity contribution in [3.05, 3.63) is 29.3 Å². The summed E-state index contributed by atoms with van der Waals surface area (Å²) in [4.78, 5) is 19.5. The topological polar surface area (TPSA) is 59.1 Å². The number of piperidine rings is 1. The third-order valence-electron chi connectivity index (χ3n) is 7.93. The fourth-order valence-corrected chi connectivity index (χ4v) is 5.16. The smallest absolute Gasteiger partial charge is 0.223 e. The van der Waals surface area contributed by atoms with E-state index in [9.17, 15) is 9.90 Å². The second-order valence-corrected chi connectivity index (χ2v) is 10.2. The zero-order chi connectivity index (χ0) is 22.0. The molecule has 3 fully saturated rings. The molecule has 2 atom stereocenters. The minimum atomic E-state index is -0.153. The lowest BCUT2D eigenvalue weighted by Crippen LogP contribution is -2.46. The Hall–Kier alpha value is -1.63. The van der Waals surface area contributed by atoms with Crippen LogP contribution in [-0.2, 0) is 4.79 Å². The maximum atomic E-state index is 12.7. The second-order valence-electron chi connectivity index (χ2n) is 10.2. The van der Waals surface area contributed by atoms with Crippen molar-refractivity contribution in [3.8, 4) is 0 Å². The Kier molecular flexibility index (Phi) is 6.89. The molecule has 1 aliphatic carbocycles. The molecule has 4 rings (SSSR count). The first-order valence-electron chi connectivity index (χ1n) is 12.1. The van der Waals surface area contributed by atoms with Gasteiger partial charge in [-0.25, -0.2) is 0 Å². The van der Waals surface area contributed by atoms with Gasteiger partial charge in [0.05, 0.1) is 12.8 Å². The van der Waals surface area contributed by atoms with E-state index in [0.29, 0.717) is 12.5 Å². The number of hydrogen-bond acceptors (Lipinski definition) is 5. The summed E-state index contributed by atoms with van der Waals surface area (Å²) in [7, 11) is 0. The van der Waals surface area contributed by atoms with Crippen LogP contribution < -0.4 is 5.32 Å². The van der Waals surface area contributed by atoms with Crippen LogP contribution in [0.2, 0.25) is 0 Å². The van der Waals surface area contributed by atoms with Gasteiger partial charge >= 0.3 is 0 Å². The number of aliphatic hydroxyl groups is 1. The van der Waals surface area contributed by atoms with E-state index >= 15 is 0 Å². The van der Waals surface area contributed by atoms with Gasteiger partial charge in [-0.05, 0) is 88.2 Å². The molecule has 2 N–H and O–H groups in total. The molecular formula is C25H40N4O2. The van der Waals surface area contributed by atoms with Crippen LogP contribution in [0, 0.1) is 19.3 Å². The van der Waals surface area contributed by atoms with Gasteiger partial charge in [-0.1, -0.05) is 6.07 Å². The van der Waals surface area contributed by atoms with Gasteiger partial charge in [-0.2, -0.15) is 0 Å². The molecule has 2 unspecified atom stereocenters. The number of amides is 1. The third-order valence-corrected chi connectivity index (χ3v) is 7.93. The predicted molar refractivity (Wildman–Crippen MR) is 125 cm³/mol. The Morgan fingerprint density at radius 2 is 1.90 bits per heavy atom. The van der Waals surface area contributed by atoms with E-state index in [1.165, 1.54) is 24.0 Å². The van der Waals surface area contributed by atoms with Crippen LogP contribution in [-0.4, -0.2) is 83.8 Å². The van der Waals surface area contributed by atoms with Crippen molar-refractivity contribution in [2.75, 3.05) is 51.3 Å². The van der Waals surface area contributed by atoms with Crippen LogP contribution in [0.1, 0.15) is 50.2 Å². The van der Waals surface area contributed by atoms with E-state index in [1.54, 1.807) is 0 Å². The summed E-state index contributed by atoms with van der Waals surface area (Å²) in [6.07, 6.45) is 4.97. The van der Waals surface area contributed by atoms with Crippen LogP contribution in [0.25, 0.3) is 0 Å². The molecule has 31 heavy (non-hydrogen) atoms. The summed E-state index contributed by atoms with van der Waals surface area (Å²) < 4.78 is 0. The Labute approximate surface area is 187 Å². The molecule has 3 aliphatic rings. The van der Waals surface area contributed by atoms with Gasteiger partial charge in [-0.15, -0.1) is 0 Å². The van der Waals surface area contributed by atoms with E-state index in [-0.39, 0.29) is 17.4 Å². The van der Waals surface area contributed by atoms with Gasteiger partial charge in [0.1, 0.15) is 0 Å². The van der Waals surface area contributed by atoms with Crippen LogP contribution in [0.4, 0.5) is 5.69 Å². The normalized spacial score (nSPS) is 26.8. The summed E-state index contributed by atoms with van der Waals surface area (Å²) in [5, 5.41) is 13.9. The van der Waals surface area contributed by atoms with Gasteiger partial charge in [0.2, 0.25) is 5.91 Å². The molecule has 172 valence electrons. The number of carbonyl (C=O) groups excluding carboxylic acids is 1. The van der Waals surface area contributed by atoms with E-state index in [0.717, 1.165) is 64.5 Å². The lowest BCUT2D eigenvalue weighted by Gasteiger charge is -2.36. The van der Waals surface area contributed by atoms with Crippen molar-refractivity contribution in [1.82, 2.24) is 14.7 Å². The molecule has 1 amide bonds. The molecule has 1 saturated carbocycles. The molecule has 1 spiro atoms. The number of carbonyl (C=O) groups is 1. The fraction of sp³-hybridized carbons (Fsp3) is 0.720. The molecule has 0 aromatic heterocycles. The number of nitrogens with one attached hydrogen (secondary N) is 1. The first kappa shape index (κ1) is 22.6. The highest BCUT2D eigenvalue weighted by atomic mass is 16.3. The minimum absolute atomic E-state index is 0.153. The molecule has 2 heterocycles. The molecular weight excluding hydrogens is 388 g/mol. The van der Waals surface area contributed by atoms with Crippen molar-refractivity contribution in [2.24, 2.45) is 5.41 Å². The number of nitrogens with zero attached hydrogens (tertiary/aromatic N) is 3. The Bertz CT molecular complexity index is 779. The lowest BCUT2D eigenvalue weighted by atomic mass is 9.90. The Morgan fingerprint density at radius 3 is 2.61 bits per heavy atom. The maximum absolute atomic E-state index is 12.7. The zero-order valence-corrected chi connectivity index (χ0v) is 19.6. The summed E-state index contributed by atoms with van der Waals surface area (Å²) in [6.45, 7) is 12.5. The van der Waals surface area contributed by atoms with E-state index < -0.39 is 0 Å². The fourth-order valence-electron chi connectivity index (χ4n) is 5.16. The van der Waals surface area contributed by atoms with Crippen molar-refractivity contribution >= 4 is 11.6 Å². The number of β-amino-alcohol motifs (C(OH)–C–C–N with tert-alkyl or cyclic N) is 1. The Morgan fingerprint density at radius 1 is 1.10 bits per heavy atom. The molecule has 2 aliphatic heterocycles. The quantitative estimate of drug-likeness (QED) is 0.699. The standard InChI is InChI=1S/C25H40N4O2/c1-19-5-6-22(15-20(19)2)26-18-29-13-7-24(31)28(16-21(29)3)12-4-11-27-14-10-25(8-9-25)23(30)17-27/h5-6,15,21,23,26,30H,4,7-14,16-18H2,1-3H3. The number of aliphatic hydroxyl groups excluding tert-OH is 1. The predicted octanol–water partition coefficient (Wildman–Crippen LogP) is 2.83. The van der Waals surface area contributed by atoms with Crippen molar-refractivity contribution in [1.29, 1.82) is 0 Å². The summed E-state index contributed by atoms with van der Waals surface area (Å²) >= 11 is 0. The van der Waals surface area contributed by atoms with Crippen LogP contribution in [0.3, 0.4) is 0 Å². The van der Waals surface area contributed by atoms with Crippen molar-refractivity contribution < 1.29 is 9.90 Å². The molecule has 0 radical (unpaired) electrons. The third kappa shape index (κ3) is 5.41. The summed E-state index contributed by atoms with van der Waals surface area (Å²) in [5.41, 5.74) is 4.01. The monoisotopic (exact) mass is 428 g/mol. The first-order valence-corrected chi connectivity index (χ1v) is 12.1. The Balaban J connectivity index is 1.22. The van der Waals surface area contributed by atoms with Gasteiger partial charge in [-0.3, -0.25) is 9.69 Å². The molecule has 6 heteroatoms. The largest absolute Gasteiger partial charge is 0.391 e. The van der Waals surface area contributed by atoms with Crippen LogP contribution >= 0.6 is 0 Å². The van der Waals surface area contributed by atoms with Crippen molar-refractivity contribution in [2.45, 2.75) is 65.0 Å². The van der Waals surface area contributed by atoms with Crippen LogP contribution in [0.15, 0.2) is 18.2 Å². The SMILES string of the molecule is Cc1ccc(NCN2CCC(=O)N(CCCN3CCC4(CC4)C(O)C3)CC2C)cc1C. The van der Waals surface area contributed by atoms with Gasteiger partial charge < -0.3 is 20.2 Å². The van der Waals surface area contributed by atoms with E-state index in [2.05, 4.69) is 59.0 Å². The van der Waals surface area contributed by atoms with Crippen LogP contribution in [0.5, 0.6) is 0 Å². The molecule has 1 aromatic rings. The van der Waals surface area contributed by atoms with E-state index in [4.69, 9.17) is 0 Å². The minimum Gasteiger partial charge on any atom is -0.391 e. The maximum Gasteiger partial charge on any atom is 0.223 e. The average molecular weight is 429 g/mol. The highest BCUT2D eigenvalue weighted by Crippen LogP contribution is 2.53. The number of benzene rings is 1. The number of likely N-dealkylation sites (tertiary alicyclic amines) is 1. The highest BCUT2D eigenvalue weighted by molar-refractivity contribution is 5.76. The molecule has 1 aromatic carbocycles. The molecule has 6 nitrogen and oxygen atoms in total. The number of rotatable bonds is 7. The van der Waals surface area contributed by atoms with Crippen molar-refractivity contribution in [3.63, 3.8) is 0 Å². The molecule has 0 bridgehead atoms. The first-order chi connectivity index (χ1) is 14.9. The van der Waals surface area contributed by atoms with E-state index in [1.807, 2.05) is 0 Å². The second kappa shape index (κ2) is 9.47. The number of anilines is 1. The number of aryl methyl sites for hydroxylation is 2. The summed E-state index contributed by atoms with van der Waals surface area (Å²) in [6, 6.07) is 6.81. The lowest BCUT2D eigenvalue weighted by molar-refractivity contribution is -0.130. The average Bonchev–Trinajstić information content (AvgIpc) is 3.54. The van der Waals surface area contributed by atoms with Gasteiger partial charge in [0, 0.05) is 44.3 Å².